The lowest BCUT2D eigenvalue weighted by Crippen LogP contribution is -2.39. The van der Waals surface area contributed by atoms with Crippen LogP contribution >= 0.6 is 0 Å². The maximum absolute atomic E-state index is 13.4. The van der Waals surface area contributed by atoms with Crippen molar-refractivity contribution in [3.05, 3.63) is 77.8 Å². The van der Waals surface area contributed by atoms with Gasteiger partial charge >= 0.3 is 0 Å². The van der Waals surface area contributed by atoms with E-state index >= 15 is 0 Å². The van der Waals surface area contributed by atoms with Crippen LogP contribution in [0.15, 0.2) is 65.4 Å². The molecule has 46 heavy (non-hydrogen) atoms. The van der Waals surface area contributed by atoms with E-state index in [4.69, 9.17) is 15.7 Å². The molecule has 3 aliphatic heterocycles. The first-order valence-corrected chi connectivity index (χ1v) is 16.3. The predicted octanol–water partition coefficient (Wildman–Crippen LogP) is 6.33. The molecule has 6 rings (SSSR count). The molecule has 3 aromatic rings. The number of aryl methyl sites for hydroxylation is 1. The first-order chi connectivity index (χ1) is 22.1. The van der Waals surface area contributed by atoms with Crippen LogP contribution in [0.2, 0.25) is 0 Å². The Morgan fingerprint density at radius 3 is 2.61 bits per heavy atom. The van der Waals surface area contributed by atoms with Gasteiger partial charge in [-0.15, -0.1) is 0 Å². The number of fused-ring (bicyclic) bond motifs is 1. The van der Waals surface area contributed by atoms with Crippen molar-refractivity contribution in [1.82, 2.24) is 14.9 Å². The summed E-state index contributed by atoms with van der Waals surface area (Å²) in [6.45, 7) is 17.6. The minimum absolute atomic E-state index is 0.177. The lowest BCUT2D eigenvalue weighted by molar-refractivity contribution is 0.102. The SMILES string of the molecule is C=CNc1cnc(N2CCC(CN3CCCC3)CC2)nc1C(N)=Nc1cc(C(=O)Nc2ccc3c(c2)C(C)(C)C(C)=N3)ccc1C. The Hall–Kier alpha value is -4.57. The summed E-state index contributed by atoms with van der Waals surface area (Å²) in [5.74, 6) is 1.36. The van der Waals surface area contributed by atoms with E-state index in [-0.39, 0.29) is 17.2 Å². The van der Waals surface area contributed by atoms with Crippen molar-refractivity contribution in [3.63, 3.8) is 0 Å². The molecule has 3 aliphatic rings. The van der Waals surface area contributed by atoms with Crippen LogP contribution in [0.1, 0.15) is 73.6 Å². The van der Waals surface area contributed by atoms with Crippen LogP contribution in [-0.2, 0) is 5.41 Å². The first-order valence-electron chi connectivity index (χ1n) is 16.3. The van der Waals surface area contributed by atoms with Gasteiger partial charge in [0.05, 0.1) is 23.3 Å². The zero-order chi connectivity index (χ0) is 32.4. The third-order valence-electron chi connectivity index (χ3n) is 9.72. The Kier molecular flexibility index (Phi) is 8.90. The Balaban J connectivity index is 1.19. The molecular weight excluding hydrogens is 574 g/mol. The highest BCUT2D eigenvalue weighted by Gasteiger charge is 2.32. The molecule has 0 spiro atoms. The van der Waals surface area contributed by atoms with Gasteiger partial charge in [0.15, 0.2) is 5.84 Å². The Bertz CT molecular complexity index is 1700. The molecule has 0 saturated carbocycles. The number of carbonyl (C=O) groups excluding carboxylic acids is 1. The van der Waals surface area contributed by atoms with E-state index in [2.05, 4.69) is 50.8 Å². The van der Waals surface area contributed by atoms with Crippen LogP contribution < -0.4 is 21.3 Å². The van der Waals surface area contributed by atoms with Gasteiger partial charge in [0, 0.05) is 42.0 Å². The number of hydrogen-bond acceptors (Lipinski definition) is 8. The molecule has 0 bridgehead atoms. The summed E-state index contributed by atoms with van der Waals surface area (Å²) in [6.07, 6.45) is 8.20. The van der Waals surface area contributed by atoms with Crippen LogP contribution in [0.4, 0.5) is 28.7 Å². The summed E-state index contributed by atoms with van der Waals surface area (Å²) < 4.78 is 0. The fraction of sp³-hybridized carbons (Fsp3) is 0.417. The first kappa shape index (κ1) is 31.4. The lowest BCUT2D eigenvalue weighted by atomic mass is 9.82. The van der Waals surface area contributed by atoms with Crippen molar-refractivity contribution in [3.8, 4) is 0 Å². The van der Waals surface area contributed by atoms with Gasteiger partial charge in [-0.1, -0.05) is 26.5 Å². The third kappa shape index (κ3) is 6.53. The van der Waals surface area contributed by atoms with Crippen LogP contribution in [0.3, 0.4) is 0 Å². The predicted molar refractivity (Wildman–Crippen MR) is 188 cm³/mol. The molecule has 4 heterocycles. The zero-order valence-corrected chi connectivity index (χ0v) is 27.4. The number of aliphatic imine (C=N–C) groups is 2. The largest absolute Gasteiger partial charge is 0.382 e. The molecule has 10 nitrogen and oxygen atoms in total. The molecule has 0 atom stereocenters. The number of likely N-dealkylation sites (tertiary alicyclic amines) is 1. The maximum atomic E-state index is 13.4. The fourth-order valence-corrected chi connectivity index (χ4v) is 6.57. The van der Waals surface area contributed by atoms with Crippen LogP contribution in [0.5, 0.6) is 0 Å². The maximum Gasteiger partial charge on any atom is 0.255 e. The number of anilines is 3. The molecule has 0 unspecified atom stereocenters. The monoisotopic (exact) mass is 619 g/mol. The standard InChI is InChI=1S/C36H45N9O/c1-6-38-31-21-39-35(45-17-13-25(14-18-45)22-44-15-7-8-16-44)43-32(31)33(37)42-30-19-26(10-9-23(30)2)34(46)41-27-11-12-29-28(20-27)36(4,5)24(3)40-29/h6,9-12,19-21,25,38H,1,7-8,13-18,22H2,2-5H3,(H2,37,42)(H,41,46). The number of aromatic nitrogens is 2. The minimum atomic E-state index is -0.227. The number of nitrogens with one attached hydrogen (secondary N) is 2. The highest BCUT2D eigenvalue weighted by Crippen LogP contribution is 2.41. The molecule has 2 aromatic carbocycles. The smallest absolute Gasteiger partial charge is 0.255 e. The number of amides is 1. The molecule has 240 valence electrons. The number of nitrogens with two attached hydrogens (primary N) is 1. The fourth-order valence-electron chi connectivity index (χ4n) is 6.57. The normalized spacial score (nSPS) is 18.3. The van der Waals surface area contributed by atoms with Gasteiger partial charge in [-0.05, 0) is 106 Å². The number of carbonyl (C=O) groups is 1. The number of amidine groups is 1. The average molecular weight is 620 g/mol. The van der Waals surface area contributed by atoms with E-state index in [1.165, 1.54) is 32.5 Å². The van der Waals surface area contributed by atoms with E-state index in [1.807, 2.05) is 38.1 Å². The third-order valence-corrected chi connectivity index (χ3v) is 9.72. The van der Waals surface area contributed by atoms with Crippen molar-refractivity contribution in [2.75, 3.05) is 48.3 Å². The van der Waals surface area contributed by atoms with Crippen molar-refractivity contribution in [2.24, 2.45) is 21.6 Å². The molecule has 1 aromatic heterocycles. The van der Waals surface area contributed by atoms with E-state index in [1.54, 1.807) is 24.5 Å². The lowest BCUT2D eigenvalue weighted by Gasteiger charge is -2.34. The molecule has 10 heteroatoms. The summed E-state index contributed by atoms with van der Waals surface area (Å²) in [5.41, 5.74) is 13.4. The van der Waals surface area contributed by atoms with Gasteiger partial charge in [0.2, 0.25) is 5.95 Å². The van der Waals surface area contributed by atoms with Crippen molar-refractivity contribution in [1.29, 1.82) is 0 Å². The van der Waals surface area contributed by atoms with Gasteiger partial charge in [0.1, 0.15) is 5.69 Å². The summed E-state index contributed by atoms with van der Waals surface area (Å²) in [5, 5.41) is 6.15. The zero-order valence-electron chi connectivity index (χ0n) is 27.4. The number of rotatable bonds is 9. The number of piperidine rings is 1. The Labute approximate surface area is 271 Å². The second-order valence-electron chi connectivity index (χ2n) is 13.2. The van der Waals surface area contributed by atoms with E-state index in [0.29, 0.717) is 34.5 Å². The number of benzene rings is 2. The van der Waals surface area contributed by atoms with Gasteiger partial charge in [-0.3, -0.25) is 9.79 Å². The van der Waals surface area contributed by atoms with Crippen molar-refractivity contribution in [2.45, 2.75) is 58.8 Å². The molecule has 1 amide bonds. The van der Waals surface area contributed by atoms with Gasteiger partial charge in [-0.2, -0.15) is 0 Å². The van der Waals surface area contributed by atoms with Gasteiger partial charge in [0.25, 0.3) is 5.91 Å². The second kappa shape index (κ2) is 13.0. The molecule has 0 aliphatic carbocycles. The van der Waals surface area contributed by atoms with Crippen molar-refractivity contribution < 1.29 is 4.79 Å². The van der Waals surface area contributed by atoms with Crippen LogP contribution in [-0.4, -0.2) is 65.0 Å². The Morgan fingerprint density at radius 2 is 1.87 bits per heavy atom. The second-order valence-corrected chi connectivity index (χ2v) is 13.2. The highest BCUT2D eigenvalue weighted by molar-refractivity contribution is 6.07. The summed E-state index contributed by atoms with van der Waals surface area (Å²) >= 11 is 0. The quantitative estimate of drug-likeness (QED) is 0.189. The molecule has 0 radical (unpaired) electrons. The van der Waals surface area contributed by atoms with Crippen molar-refractivity contribution >= 4 is 46.2 Å². The topological polar surface area (TPSA) is 124 Å². The Morgan fingerprint density at radius 1 is 1.11 bits per heavy atom. The number of hydrogen-bond donors (Lipinski definition) is 3. The average Bonchev–Trinajstić information content (AvgIpc) is 3.64. The minimum Gasteiger partial charge on any atom is -0.382 e. The van der Waals surface area contributed by atoms with E-state index < -0.39 is 0 Å². The van der Waals surface area contributed by atoms with E-state index in [9.17, 15) is 4.79 Å². The molecule has 4 N–H and O–H groups in total. The van der Waals surface area contributed by atoms with Crippen LogP contribution in [0, 0.1) is 12.8 Å². The highest BCUT2D eigenvalue weighted by atomic mass is 16.1. The van der Waals surface area contributed by atoms with Crippen LogP contribution in [0.25, 0.3) is 0 Å². The summed E-state index contributed by atoms with van der Waals surface area (Å²) in [6, 6.07) is 11.3. The summed E-state index contributed by atoms with van der Waals surface area (Å²) in [7, 11) is 0. The van der Waals surface area contributed by atoms with E-state index in [0.717, 1.165) is 54.1 Å². The molecular formula is C36H45N9O. The van der Waals surface area contributed by atoms with Gasteiger partial charge < -0.3 is 26.2 Å². The number of nitrogens with zero attached hydrogens (tertiary/aromatic N) is 6. The summed E-state index contributed by atoms with van der Waals surface area (Å²) in [4.78, 5) is 37.2. The van der Waals surface area contributed by atoms with Gasteiger partial charge in [-0.25, -0.2) is 15.0 Å². The molecule has 2 fully saturated rings. The molecule has 2 saturated heterocycles.